The Hall–Kier alpha value is -0.650. The SMILES string of the molecule is CC1CC(C(=O)NCCN2CCOCC2)CCC1N. The van der Waals surface area contributed by atoms with Gasteiger partial charge in [0.25, 0.3) is 0 Å². The number of carbonyl (C=O) groups excluding carboxylic acids is 1. The summed E-state index contributed by atoms with van der Waals surface area (Å²) < 4.78 is 5.30. The number of ether oxygens (including phenoxy) is 1. The van der Waals surface area contributed by atoms with Crippen LogP contribution in [0.3, 0.4) is 0 Å². The van der Waals surface area contributed by atoms with Crippen LogP contribution in [0.4, 0.5) is 0 Å². The van der Waals surface area contributed by atoms with Crippen molar-refractivity contribution in [3.05, 3.63) is 0 Å². The second-order valence-corrected chi connectivity index (χ2v) is 5.90. The Kier molecular flexibility index (Phi) is 5.60. The second kappa shape index (κ2) is 7.22. The van der Waals surface area contributed by atoms with E-state index in [9.17, 15) is 4.79 Å². The predicted molar refractivity (Wildman–Crippen MR) is 74.7 cm³/mol. The Labute approximate surface area is 115 Å². The van der Waals surface area contributed by atoms with Crippen LogP contribution in [-0.2, 0) is 9.53 Å². The quantitative estimate of drug-likeness (QED) is 0.765. The van der Waals surface area contributed by atoms with Gasteiger partial charge in [0, 0.05) is 38.1 Å². The summed E-state index contributed by atoms with van der Waals surface area (Å²) in [5.41, 5.74) is 5.99. The van der Waals surface area contributed by atoms with Gasteiger partial charge in [-0.3, -0.25) is 9.69 Å². The van der Waals surface area contributed by atoms with Gasteiger partial charge in [0.05, 0.1) is 13.2 Å². The van der Waals surface area contributed by atoms with Crippen molar-refractivity contribution < 1.29 is 9.53 Å². The second-order valence-electron chi connectivity index (χ2n) is 5.90. The van der Waals surface area contributed by atoms with Crippen LogP contribution >= 0.6 is 0 Å². The van der Waals surface area contributed by atoms with Gasteiger partial charge < -0.3 is 15.8 Å². The minimum Gasteiger partial charge on any atom is -0.379 e. The molecule has 0 aromatic carbocycles. The highest BCUT2D eigenvalue weighted by molar-refractivity contribution is 5.78. The zero-order valence-corrected chi connectivity index (χ0v) is 11.9. The molecule has 1 aliphatic heterocycles. The molecule has 3 N–H and O–H groups in total. The Balaban J connectivity index is 1.63. The summed E-state index contributed by atoms with van der Waals surface area (Å²) in [4.78, 5) is 14.4. The maximum Gasteiger partial charge on any atom is 0.223 e. The lowest BCUT2D eigenvalue weighted by Gasteiger charge is -2.31. The van der Waals surface area contributed by atoms with E-state index in [-0.39, 0.29) is 17.9 Å². The van der Waals surface area contributed by atoms with Crippen molar-refractivity contribution in [2.75, 3.05) is 39.4 Å². The van der Waals surface area contributed by atoms with Crippen molar-refractivity contribution in [2.24, 2.45) is 17.6 Å². The summed E-state index contributed by atoms with van der Waals surface area (Å²) in [5.74, 6) is 0.843. The van der Waals surface area contributed by atoms with Gasteiger partial charge in [0.2, 0.25) is 5.91 Å². The van der Waals surface area contributed by atoms with E-state index < -0.39 is 0 Å². The van der Waals surface area contributed by atoms with Crippen LogP contribution < -0.4 is 11.1 Å². The summed E-state index contributed by atoms with van der Waals surface area (Å²) in [6.07, 6.45) is 2.85. The molecule has 2 rings (SSSR count). The van der Waals surface area contributed by atoms with Crippen molar-refractivity contribution in [1.29, 1.82) is 0 Å². The average molecular weight is 269 g/mol. The maximum absolute atomic E-state index is 12.1. The van der Waals surface area contributed by atoms with Crippen molar-refractivity contribution in [1.82, 2.24) is 10.2 Å². The predicted octanol–water partition coefficient (Wildman–Crippen LogP) is 0.198. The van der Waals surface area contributed by atoms with E-state index in [1.165, 1.54) is 0 Å². The minimum absolute atomic E-state index is 0.166. The highest BCUT2D eigenvalue weighted by Crippen LogP contribution is 2.27. The van der Waals surface area contributed by atoms with E-state index in [1.54, 1.807) is 0 Å². The number of carbonyl (C=O) groups is 1. The number of nitrogens with zero attached hydrogens (tertiary/aromatic N) is 1. The van der Waals surface area contributed by atoms with E-state index in [0.717, 1.165) is 58.7 Å². The van der Waals surface area contributed by atoms with E-state index in [1.807, 2.05) is 0 Å². The number of hydrogen-bond acceptors (Lipinski definition) is 4. The van der Waals surface area contributed by atoms with Crippen LogP contribution in [0.25, 0.3) is 0 Å². The van der Waals surface area contributed by atoms with Gasteiger partial charge >= 0.3 is 0 Å². The van der Waals surface area contributed by atoms with Crippen molar-refractivity contribution >= 4 is 5.91 Å². The molecule has 5 nitrogen and oxygen atoms in total. The molecular formula is C14H27N3O2. The first-order valence-corrected chi connectivity index (χ1v) is 7.50. The third kappa shape index (κ3) is 4.44. The van der Waals surface area contributed by atoms with Crippen LogP contribution in [0.15, 0.2) is 0 Å². The number of nitrogens with two attached hydrogens (primary N) is 1. The Morgan fingerprint density at radius 2 is 2.11 bits per heavy atom. The molecule has 2 aliphatic rings. The maximum atomic E-state index is 12.1. The fourth-order valence-electron chi connectivity index (χ4n) is 2.96. The van der Waals surface area contributed by atoms with Crippen molar-refractivity contribution in [2.45, 2.75) is 32.2 Å². The molecule has 5 heteroatoms. The number of nitrogens with one attached hydrogen (secondary N) is 1. The number of hydrogen-bond donors (Lipinski definition) is 2. The van der Waals surface area contributed by atoms with Crippen molar-refractivity contribution in [3.8, 4) is 0 Å². The van der Waals surface area contributed by atoms with Crippen LogP contribution in [0.5, 0.6) is 0 Å². The summed E-state index contributed by atoms with van der Waals surface area (Å²) in [6, 6.07) is 0.275. The highest BCUT2D eigenvalue weighted by atomic mass is 16.5. The zero-order valence-electron chi connectivity index (χ0n) is 11.9. The molecule has 3 unspecified atom stereocenters. The Morgan fingerprint density at radius 1 is 1.37 bits per heavy atom. The summed E-state index contributed by atoms with van der Waals surface area (Å²) in [6.45, 7) is 7.40. The molecule has 110 valence electrons. The Bertz CT molecular complexity index is 292. The molecule has 0 spiro atoms. The molecule has 0 bridgehead atoms. The van der Waals surface area contributed by atoms with Crippen LogP contribution in [0.1, 0.15) is 26.2 Å². The molecule has 1 heterocycles. The lowest BCUT2D eigenvalue weighted by molar-refractivity contribution is -0.126. The monoisotopic (exact) mass is 269 g/mol. The molecule has 0 aromatic heterocycles. The number of amides is 1. The van der Waals surface area contributed by atoms with Gasteiger partial charge in [-0.05, 0) is 25.2 Å². The van der Waals surface area contributed by atoms with Gasteiger partial charge in [0.1, 0.15) is 0 Å². The summed E-state index contributed by atoms with van der Waals surface area (Å²) in [7, 11) is 0. The lowest BCUT2D eigenvalue weighted by atomic mass is 9.79. The summed E-state index contributed by atoms with van der Waals surface area (Å²) >= 11 is 0. The third-order valence-electron chi connectivity index (χ3n) is 4.44. The third-order valence-corrected chi connectivity index (χ3v) is 4.44. The Morgan fingerprint density at radius 3 is 2.79 bits per heavy atom. The number of rotatable bonds is 4. The van der Waals surface area contributed by atoms with E-state index in [4.69, 9.17) is 10.5 Å². The first-order chi connectivity index (χ1) is 9.16. The summed E-state index contributed by atoms with van der Waals surface area (Å²) in [5, 5.41) is 3.07. The molecule has 1 aliphatic carbocycles. The van der Waals surface area contributed by atoms with Crippen LogP contribution in [-0.4, -0.2) is 56.2 Å². The van der Waals surface area contributed by atoms with Gasteiger partial charge in [-0.1, -0.05) is 6.92 Å². The smallest absolute Gasteiger partial charge is 0.223 e. The normalized spacial score (nSPS) is 33.1. The van der Waals surface area contributed by atoms with E-state index in [2.05, 4.69) is 17.1 Å². The first kappa shape index (κ1) is 14.8. The molecule has 0 aromatic rings. The van der Waals surface area contributed by atoms with Crippen molar-refractivity contribution in [3.63, 3.8) is 0 Å². The van der Waals surface area contributed by atoms with Gasteiger partial charge in [-0.2, -0.15) is 0 Å². The van der Waals surface area contributed by atoms with Crippen LogP contribution in [0.2, 0.25) is 0 Å². The molecule has 1 amide bonds. The molecule has 1 saturated carbocycles. The van der Waals surface area contributed by atoms with E-state index >= 15 is 0 Å². The fourth-order valence-corrected chi connectivity index (χ4v) is 2.96. The van der Waals surface area contributed by atoms with Gasteiger partial charge in [0.15, 0.2) is 0 Å². The highest BCUT2D eigenvalue weighted by Gasteiger charge is 2.29. The minimum atomic E-state index is 0.166. The van der Waals surface area contributed by atoms with E-state index in [0.29, 0.717) is 5.92 Å². The van der Waals surface area contributed by atoms with Crippen LogP contribution in [0, 0.1) is 11.8 Å². The van der Waals surface area contributed by atoms with Gasteiger partial charge in [-0.15, -0.1) is 0 Å². The van der Waals surface area contributed by atoms with Gasteiger partial charge in [-0.25, -0.2) is 0 Å². The standard InChI is InChI=1S/C14H27N3O2/c1-11-10-12(2-3-13(11)15)14(18)16-4-5-17-6-8-19-9-7-17/h11-13H,2-10,15H2,1H3,(H,16,18). The average Bonchev–Trinajstić information content (AvgIpc) is 2.43. The zero-order chi connectivity index (χ0) is 13.7. The fraction of sp³-hybridized carbons (Fsp3) is 0.929. The number of morpholine rings is 1. The molecule has 1 saturated heterocycles. The molecule has 0 radical (unpaired) electrons. The topological polar surface area (TPSA) is 67.6 Å². The molecular weight excluding hydrogens is 242 g/mol. The molecule has 3 atom stereocenters. The molecule has 19 heavy (non-hydrogen) atoms. The largest absolute Gasteiger partial charge is 0.379 e. The molecule has 2 fully saturated rings. The lowest BCUT2D eigenvalue weighted by Crippen LogP contribution is -2.44. The first-order valence-electron chi connectivity index (χ1n) is 7.50.